The van der Waals surface area contributed by atoms with E-state index >= 15 is 0 Å². The fourth-order valence-electron chi connectivity index (χ4n) is 2.34. The summed E-state index contributed by atoms with van der Waals surface area (Å²) < 4.78 is 0. The van der Waals surface area contributed by atoms with Gasteiger partial charge in [0.2, 0.25) is 0 Å². The number of benzene rings is 1. The highest BCUT2D eigenvalue weighted by Gasteiger charge is 2.31. The van der Waals surface area contributed by atoms with Crippen molar-refractivity contribution < 1.29 is 9.90 Å². The minimum Gasteiger partial charge on any atom is -0.480 e. The molecule has 0 saturated heterocycles. The summed E-state index contributed by atoms with van der Waals surface area (Å²) in [6.07, 6.45) is 2.40. The third-order valence-electron chi connectivity index (χ3n) is 3.85. The topological polar surface area (TPSA) is 52.6 Å². The fourth-order valence-corrected chi connectivity index (χ4v) is 2.34. The molecule has 118 valence electrons. The molecule has 1 atom stereocenters. The van der Waals surface area contributed by atoms with Gasteiger partial charge in [-0.15, -0.1) is 0 Å². The van der Waals surface area contributed by atoms with Crippen LogP contribution in [0.5, 0.6) is 0 Å². The van der Waals surface area contributed by atoms with Gasteiger partial charge in [0.15, 0.2) is 0 Å². The fraction of sp³-hybridized carbons (Fsp3) is 0.588. The monoisotopic (exact) mass is 292 g/mol. The molecule has 0 amide bonds. The van der Waals surface area contributed by atoms with Crippen LogP contribution >= 0.6 is 0 Å². The van der Waals surface area contributed by atoms with Crippen molar-refractivity contribution in [2.45, 2.75) is 45.6 Å². The molecule has 0 aliphatic heterocycles. The summed E-state index contributed by atoms with van der Waals surface area (Å²) in [4.78, 5) is 13.6. The smallest absolute Gasteiger partial charge is 0.323 e. The quantitative estimate of drug-likeness (QED) is 0.734. The summed E-state index contributed by atoms with van der Waals surface area (Å²) in [5.74, 6) is -0.769. The molecule has 1 rings (SSSR count). The lowest BCUT2D eigenvalue weighted by Gasteiger charge is -2.28. The standard InChI is InChI=1S/C17H28N2O2/c1-5-11-18-17(3,16(20)21)10-7-12-19(4)15-9-6-8-14(2)13-15/h6,8-9,13,18H,5,7,10-12H2,1-4H3,(H,20,21). The lowest BCUT2D eigenvalue weighted by molar-refractivity contribution is -0.144. The summed E-state index contributed by atoms with van der Waals surface area (Å²) in [5, 5.41) is 12.6. The highest BCUT2D eigenvalue weighted by atomic mass is 16.4. The van der Waals surface area contributed by atoms with E-state index in [1.807, 2.05) is 20.0 Å². The molecule has 0 heterocycles. The first-order valence-electron chi connectivity index (χ1n) is 7.65. The van der Waals surface area contributed by atoms with Crippen LogP contribution in [0.3, 0.4) is 0 Å². The summed E-state index contributed by atoms with van der Waals surface area (Å²) in [5.41, 5.74) is 1.58. The SMILES string of the molecule is CCCNC(C)(CCCN(C)c1cccc(C)c1)C(=O)O. The first-order chi connectivity index (χ1) is 9.89. The molecule has 4 nitrogen and oxygen atoms in total. The molecule has 0 saturated carbocycles. The molecule has 0 aliphatic rings. The summed E-state index contributed by atoms with van der Waals surface area (Å²) in [6.45, 7) is 7.47. The maximum absolute atomic E-state index is 11.4. The minimum absolute atomic E-state index is 0.624. The molecule has 0 radical (unpaired) electrons. The van der Waals surface area contributed by atoms with Gasteiger partial charge >= 0.3 is 5.97 Å². The van der Waals surface area contributed by atoms with Gasteiger partial charge in [-0.25, -0.2) is 0 Å². The van der Waals surface area contributed by atoms with Gasteiger partial charge in [-0.3, -0.25) is 4.79 Å². The molecule has 1 unspecified atom stereocenters. The first kappa shape index (κ1) is 17.5. The van der Waals surface area contributed by atoms with Crippen LogP contribution in [0.2, 0.25) is 0 Å². The van der Waals surface area contributed by atoms with Crippen LogP contribution in [0.4, 0.5) is 5.69 Å². The zero-order valence-corrected chi connectivity index (χ0v) is 13.6. The predicted molar refractivity (Wildman–Crippen MR) is 88.0 cm³/mol. The Labute approximate surface area is 128 Å². The van der Waals surface area contributed by atoms with Gasteiger partial charge in [0.25, 0.3) is 0 Å². The van der Waals surface area contributed by atoms with E-state index in [-0.39, 0.29) is 0 Å². The van der Waals surface area contributed by atoms with E-state index in [9.17, 15) is 9.90 Å². The molecule has 2 N–H and O–H groups in total. The molecular formula is C17H28N2O2. The molecule has 0 spiro atoms. The molecule has 0 aromatic heterocycles. The van der Waals surface area contributed by atoms with Crippen LogP contribution < -0.4 is 10.2 Å². The number of hydrogen-bond donors (Lipinski definition) is 2. The predicted octanol–water partition coefficient (Wildman–Crippen LogP) is 3.05. The number of aliphatic carboxylic acids is 1. The second-order valence-corrected chi connectivity index (χ2v) is 5.93. The van der Waals surface area contributed by atoms with Crippen molar-refractivity contribution in [2.24, 2.45) is 0 Å². The zero-order chi connectivity index (χ0) is 15.9. The van der Waals surface area contributed by atoms with Crippen molar-refractivity contribution in [1.82, 2.24) is 5.32 Å². The van der Waals surface area contributed by atoms with E-state index < -0.39 is 11.5 Å². The number of hydrogen-bond acceptors (Lipinski definition) is 3. The van der Waals surface area contributed by atoms with E-state index in [0.717, 1.165) is 25.9 Å². The lowest BCUT2D eigenvalue weighted by atomic mass is 9.95. The van der Waals surface area contributed by atoms with Gasteiger partial charge in [0.1, 0.15) is 5.54 Å². The minimum atomic E-state index is -0.830. The highest BCUT2D eigenvalue weighted by molar-refractivity contribution is 5.78. The Balaban J connectivity index is 2.52. The van der Waals surface area contributed by atoms with Crippen molar-refractivity contribution in [3.63, 3.8) is 0 Å². The Hall–Kier alpha value is -1.55. The molecule has 4 heteroatoms. The number of nitrogens with zero attached hydrogens (tertiary/aromatic N) is 1. The maximum atomic E-state index is 11.4. The Morgan fingerprint density at radius 1 is 1.43 bits per heavy atom. The molecular weight excluding hydrogens is 264 g/mol. The number of carbonyl (C=O) groups is 1. The van der Waals surface area contributed by atoms with Gasteiger partial charge in [0.05, 0.1) is 0 Å². The highest BCUT2D eigenvalue weighted by Crippen LogP contribution is 2.17. The van der Waals surface area contributed by atoms with Gasteiger partial charge < -0.3 is 15.3 Å². The van der Waals surface area contributed by atoms with Crippen molar-refractivity contribution in [2.75, 3.05) is 25.0 Å². The Morgan fingerprint density at radius 3 is 2.71 bits per heavy atom. The van der Waals surface area contributed by atoms with Crippen LogP contribution in [0.15, 0.2) is 24.3 Å². The van der Waals surface area contributed by atoms with E-state index in [1.54, 1.807) is 6.92 Å². The van der Waals surface area contributed by atoms with E-state index in [4.69, 9.17) is 0 Å². The number of rotatable bonds is 9. The Kier molecular flexibility index (Phi) is 6.69. The van der Waals surface area contributed by atoms with Crippen LogP contribution in [0.1, 0.15) is 38.7 Å². The Morgan fingerprint density at radius 2 is 2.14 bits per heavy atom. The third-order valence-corrected chi connectivity index (χ3v) is 3.85. The second kappa shape index (κ2) is 8.03. The zero-order valence-electron chi connectivity index (χ0n) is 13.6. The van der Waals surface area contributed by atoms with Crippen LogP contribution in [-0.4, -0.2) is 36.8 Å². The number of carboxylic acids is 1. The number of anilines is 1. The van der Waals surface area contributed by atoms with E-state index in [1.165, 1.54) is 11.3 Å². The first-order valence-corrected chi connectivity index (χ1v) is 7.65. The molecule has 0 bridgehead atoms. The van der Waals surface area contributed by atoms with Crippen molar-refractivity contribution >= 4 is 11.7 Å². The molecule has 21 heavy (non-hydrogen) atoms. The van der Waals surface area contributed by atoms with Crippen molar-refractivity contribution in [1.29, 1.82) is 0 Å². The molecule has 1 aromatic carbocycles. The number of aryl methyl sites for hydroxylation is 1. The van der Waals surface area contributed by atoms with E-state index in [0.29, 0.717) is 6.42 Å². The van der Waals surface area contributed by atoms with Crippen molar-refractivity contribution in [3.05, 3.63) is 29.8 Å². The molecule has 0 fully saturated rings. The van der Waals surface area contributed by atoms with Crippen molar-refractivity contribution in [3.8, 4) is 0 Å². The summed E-state index contributed by atoms with van der Waals surface area (Å²) in [6, 6.07) is 8.35. The maximum Gasteiger partial charge on any atom is 0.323 e. The largest absolute Gasteiger partial charge is 0.480 e. The average molecular weight is 292 g/mol. The van der Waals surface area contributed by atoms with Crippen LogP contribution in [0, 0.1) is 6.92 Å². The molecule has 1 aromatic rings. The summed E-state index contributed by atoms with van der Waals surface area (Å²) in [7, 11) is 2.05. The number of nitrogens with one attached hydrogen (secondary N) is 1. The second-order valence-electron chi connectivity index (χ2n) is 5.93. The normalized spacial score (nSPS) is 13.7. The van der Waals surface area contributed by atoms with Gasteiger partial charge in [-0.05, 0) is 57.4 Å². The van der Waals surface area contributed by atoms with Crippen LogP contribution in [0.25, 0.3) is 0 Å². The number of carboxylic acid groups (broad SMARTS) is 1. The molecule has 0 aliphatic carbocycles. The third kappa shape index (κ3) is 5.38. The Bertz CT molecular complexity index is 462. The van der Waals surface area contributed by atoms with Gasteiger partial charge in [-0.1, -0.05) is 19.1 Å². The average Bonchev–Trinajstić information content (AvgIpc) is 2.44. The van der Waals surface area contributed by atoms with Crippen LogP contribution in [-0.2, 0) is 4.79 Å². The van der Waals surface area contributed by atoms with Gasteiger partial charge in [0, 0.05) is 19.3 Å². The van der Waals surface area contributed by atoms with E-state index in [2.05, 4.69) is 35.3 Å². The van der Waals surface area contributed by atoms with Gasteiger partial charge in [-0.2, -0.15) is 0 Å². The summed E-state index contributed by atoms with van der Waals surface area (Å²) >= 11 is 0. The lowest BCUT2D eigenvalue weighted by Crippen LogP contribution is -2.50.